The number of nitrogens with one attached hydrogen (secondary N) is 1. The van der Waals surface area contributed by atoms with Crippen molar-refractivity contribution in [1.82, 2.24) is 0 Å². The summed E-state index contributed by atoms with van der Waals surface area (Å²) in [5, 5.41) is 11.7. The lowest BCUT2D eigenvalue weighted by Crippen LogP contribution is -2.14. The molecule has 136 valence electrons. The fourth-order valence-corrected chi connectivity index (χ4v) is 2.32. The van der Waals surface area contributed by atoms with E-state index in [2.05, 4.69) is 5.32 Å². The van der Waals surface area contributed by atoms with Crippen molar-refractivity contribution < 1.29 is 28.2 Å². The Bertz CT molecular complexity index is 1000. The number of carboxylic acid groups (broad SMARTS) is 1. The van der Waals surface area contributed by atoms with Gasteiger partial charge in [-0.3, -0.25) is 4.79 Å². The first-order valence-electron chi connectivity index (χ1n) is 7.80. The number of carbonyl (C=O) groups excluding carboxylic acids is 1. The lowest BCUT2D eigenvalue weighted by atomic mass is 10.1. The second kappa shape index (κ2) is 7.65. The van der Waals surface area contributed by atoms with Crippen molar-refractivity contribution in [1.29, 1.82) is 0 Å². The van der Waals surface area contributed by atoms with E-state index < -0.39 is 23.5 Å². The van der Waals surface area contributed by atoms with Crippen molar-refractivity contribution >= 4 is 17.6 Å². The van der Waals surface area contributed by atoms with Crippen molar-refractivity contribution in [3.8, 4) is 11.5 Å². The van der Waals surface area contributed by atoms with Gasteiger partial charge in [0.05, 0.1) is 11.3 Å². The molecule has 0 heterocycles. The SMILES string of the molecule is O=C(Nc1ccccc1C(=O)O)c1ccc(Oc2ccc(F)c(F)c2)cc1. The van der Waals surface area contributed by atoms with Gasteiger partial charge in [0.25, 0.3) is 5.91 Å². The van der Waals surface area contributed by atoms with Gasteiger partial charge in [-0.05, 0) is 48.5 Å². The highest BCUT2D eigenvalue weighted by molar-refractivity contribution is 6.07. The molecule has 7 heteroatoms. The molecule has 0 unspecified atom stereocenters. The summed E-state index contributed by atoms with van der Waals surface area (Å²) in [6.45, 7) is 0. The first kappa shape index (κ1) is 18.1. The van der Waals surface area contributed by atoms with Crippen molar-refractivity contribution in [3.05, 3.63) is 89.5 Å². The van der Waals surface area contributed by atoms with Crippen LogP contribution in [0.25, 0.3) is 0 Å². The standard InChI is InChI=1S/C20H13F2NO4/c21-16-10-9-14(11-17(16)22)27-13-7-5-12(6-8-13)19(24)23-18-4-2-1-3-15(18)20(25)26/h1-11H,(H,23,24)(H,25,26). The van der Waals surface area contributed by atoms with Gasteiger partial charge in [0.1, 0.15) is 11.5 Å². The van der Waals surface area contributed by atoms with Gasteiger partial charge in [-0.2, -0.15) is 0 Å². The van der Waals surface area contributed by atoms with Crippen LogP contribution in [0.15, 0.2) is 66.7 Å². The Labute approximate surface area is 152 Å². The molecule has 0 spiro atoms. The fraction of sp³-hybridized carbons (Fsp3) is 0. The molecule has 0 aliphatic carbocycles. The molecular weight excluding hydrogens is 356 g/mol. The molecule has 3 aromatic carbocycles. The van der Waals surface area contributed by atoms with Crippen LogP contribution in [0.3, 0.4) is 0 Å². The minimum Gasteiger partial charge on any atom is -0.478 e. The zero-order valence-electron chi connectivity index (χ0n) is 13.8. The van der Waals surface area contributed by atoms with Gasteiger partial charge in [-0.25, -0.2) is 13.6 Å². The normalized spacial score (nSPS) is 10.3. The van der Waals surface area contributed by atoms with Gasteiger partial charge in [-0.1, -0.05) is 12.1 Å². The van der Waals surface area contributed by atoms with E-state index in [4.69, 9.17) is 9.84 Å². The number of ether oxygens (including phenoxy) is 1. The van der Waals surface area contributed by atoms with Crippen molar-refractivity contribution in [3.63, 3.8) is 0 Å². The van der Waals surface area contributed by atoms with Crippen molar-refractivity contribution in [2.24, 2.45) is 0 Å². The number of carboxylic acids is 1. The number of halogens is 2. The van der Waals surface area contributed by atoms with E-state index in [0.29, 0.717) is 5.75 Å². The molecule has 0 aromatic heterocycles. The van der Waals surface area contributed by atoms with Gasteiger partial charge >= 0.3 is 5.97 Å². The number of hydrogen-bond donors (Lipinski definition) is 2. The quantitative estimate of drug-likeness (QED) is 0.683. The Morgan fingerprint density at radius 2 is 1.52 bits per heavy atom. The minimum absolute atomic E-state index is 0.0239. The average Bonchev–Trinajstić information content (AvgIpc) is 2.65. The summed E-state index contributed by atoms with van der Waals surface area (Å²) in [6, 6.07) is 15.1. The molecular formula is C20H13F2NO4. The number of carbonyl (C=O) groups is 2. The molecule has 1 amide bonds. The van der Waals surface area contributed by atoms with Crippen LogP contribution in [0.2, 0.25) is 0 Å². The van der Waals surface area contributed by atoms with Crippen molar-refractivity contribution in [2.75, 3.05) is 5.32 Å². The summed E-state index contributed by atoms with van der Waals surface area (Å²) in [4.78, 5) is 23.5. The molecule has 0 saturated heterocycles. The van der Waals surface area contributed by atoms with Crippen LogP contribution in [-0.2, 0) is 0 Å². The first-order valence-corrected chi connectivity index (χ1v) is 7.80. The Hall–Kier alpha value is -3.74. The largest absolute Gasteiger partial charge is 0.478 e. The van der Waals surface area contributed by atoms with Gasteiger partial charge in [-0.15, -0.1) is 0 Å². The van der Waals surface area contributed by atoms with E-state index in [-0.39, 0.29) is 22.6 Å². The Balaban J connectivity index is 1.72. The van der Waals surface area contributed by atoms with Crippen LogP contribution in [-0.4, -0.2) is 17.0 Å². The summed E-state index contributed by atoms with van der Waals surface area (Å²) >= 11 is 0. The highest BCUT2D eigenvalue weighted by Crippen LogP contribution is 2.24. The first-order chi connectivity index (χ1) is 12.9. The Morgan fingerprint density at radius 1 is 0.852 bits per heavy atom. The number of para-hydroxylation sites is 1. The molecule has 0 radical (unpaired) electrons. The van der Waals surface area contributed by atoms with Crippen LogP contribution in [0.1, 0.15) is 20.7 Å². The highest BCUT2D eigenvalue weighted by Gasteiger charge is 2.13. The molecule has 27 heavy (non-hydrogen) atoms. The molecule has 0 fully saturated rings. The van der Waals surface area contributed by atoms with Gasteiger partial charge in [0.15, 0.2) is 11.6 Å². The number of benzene rings is 3. The topological polar surface area (TPSA) is 75.6 Å². The van der Waals surface area contributed by atoms with Crippen LogP contribution in [0.5, 0.6) is 11.5 Å². The number of aromatic carboxylic acids is 1. The maximum absolute atomic E-state index is 13.2. The number of anilines is 1. The molecule has 0 aliphatic rings. The third-order valence-electron chi connectivity index (χ3n) is 3.65. The summed E-state index contributed by atoms with van der Waals surface area (Å²) < 4.78 is 31.5. The van der Waals surface area contributed by atoms with Crippen LogP contribution in [0, 0.1) is 11.6 Å². The molecule has 2 N–H and O–H groups in total. The number of rotatable bonds is 5. The molecule has 3 aromatic rings. The van der Waals surface area contributed by atoms with Crippen molar-refractivity contribution in [2.45, 2.75) is 0 Å². The highest BCUT2D eigenvalue weighted by atomic mass is 19.2. The molecule has 3 rings (SSSR count). The molecule has 5 nitrogen and oxygen atoms in total. The lowest BCUT2D eigenvalue weighted by Gasteiger charge is -2.09. The van der Waals surface area contributed by atoms with Crippen LogP contribution < -0.4 is 10.1 Å². The Morgan fingerprint density at radius 3 is 2.19 bits per heavy atom. The smallest absolute Gasteiger partial charge is 0.337 e. The van der Waals surface area contributed by atoms with Crippen LogP contribution in [0.4, 0.5) is 14.5 Å². The molecule has 0 atom stereocenters. The predicted molar refractivity (Wildman–Crippen MR) is 94.2 cm³/mol. The minimum atomic E-state index is -1.15. The fourth-order valence-electron chi connectivity index (χ4n) is 2.32. The van der Waals surface area contributed by atoms with E-state index >= 15 is 0 Å². The monoisotopic (exact) mass is 369 g/mol. The van der Waals surface area contributed by atoms with E-state index in [1.807, 2.05) is 0 Å². The van der Waals surface area contributed by atoms with E-state index in [1.165, 1.54) is 42.5 Å². The van der Waals surface area contributed by atoms with E-state index in [1.54, 1.807) is 12.1 Å². The maximum atomic E-state index is 13.2. The van der Waals surface area contributed by atoms with E-state index in [0.717, 1.165) is 12.1 Å². The van der Waals surface area contributed by atoms with Gasteiger partial charge < -0.3 is 15.2 Å². The summed E-state index contributed by atoms with van der Waals surface area (Å²) in [6.07, 6.45) is 0. The average molecular weight is 369 g/mol. The van der Waals surface area contributed by atoms with Gasteiger partial charge in [0, 0.05) is 11.6 Å². The summed E-state index contributed by atoms with van der Waals surface area (Å²) in [5.41, 5.74) is 0.425. The summed E-state index contributed by atoms with van der Waals surface area (Å²) in [5.74, 6) is -3.22. The number of amides is 1. The predicted octanol–water partition coefficient (Wildman–Crippen LogP) is 4.71. The molecule has 0 aliphatic heterocycles. The zero-order chi connectivity index (χ0) is 19.4. The second-order valence-electron chi connectivity index (χ2n) is 5.51. The number of hydrogen-bond acceptors (Lipinski definition) is 3. The lowest BCUT2D eigenvalue weighted by molar-refractivity contribution is 0.0698. The zero-order valence-corrected chi connectivity index (χ0v) is 13.8. The molecule has 0 saturated carbocycles. The third-order valence-corrected chi connectivity index (χ3v) is 3.65. The van der Waals surface area contributed by atoms with Crippen LogP contribution >= 0.6 is 0 Å². The Kier molecular flexibility index (Phi) is 5.12. The summed E-state index contributed by atoms with van der Waals surface area (Å²) in [7, 11) is 0. The maximum Gasteiger partial charge on any atom is 0.337 e. The third kappa shape index (κ3) is 4.27. The van der Waals surface area contributed by atoms with E-state index in [9.17, 15) is 18.4 Å². The molecule has 0 bridgehead atoms. The van der Waals surface area contributed by atoms with Gasteiger partial charge in [0.2, 0.25) is 0 Å². The second-order valence-corrected chi connectivity index (χ2v) is 5.51.